The van der Waals surface area contributed by atoms with Crippen LogP contribution < -0.4 is 5.32 Å². The molecule has 2 fully saturated rings. The molecule has 0 saturated heterocycles. The summed E-state index contributed by atoms with van der Waals surface area (Å²) < 4.78 is 27.2. The Morgan fingerprint density at radius 1 is 1.32 bits per heavy atom. The van der Waals surface area contributed by atoms with Crippen LogP contribution in [0.4, 0.5) is 20.4 Å². The van der Waals surface area contributed by atoms with Gasteiger partial charge in [-0.15, -0.1) is 5.10 Å². The normalized spacial score (nSPS) is 25.1. The Morgan fingerprint density at radius 3 is 2.78 bits per heavy atom. The van der Waals surface area contributed by atoms with Crippen molar-refractivity contribution in [3.63, 3.8) is 0 Å². The third-order valence-electron chi connectivity index (χ3n) is 8.20. The standard InChI is InChI=1S/C28H34F2N6O.H2/c1-16(12-26(29)30)17(2)32-22-8-9-23(33-18(22)3)20-10-11-36-24(20)15-31-27(35-36)34-19-13-28(4,14-19)21-6-5-7-25(21)37;/h8-11,15-16,19,21,26H,5-7,12-14H2,1-4H3,(H,34,35);1H. The maximum Gasteiger partial charge on any atom is 0.241 e. The number of anilines is 1. The Morgan fingerprint density at radius 2 is 2.11 bits per heavy atom. The Kier molecular flexibility index (Phi) is 6.81. The van der Waals surface area contributed by atoms with Crippen LogP contribution in [-0.4, -0.2) is 43.5 Å². The number of rotatable bonds is 8. The number of ketones is 1. The minimum absolute atomic E-state index is 0. The van der Waals surface area contributed by atoms with E-state index in [1.165, 1.54) is 0 Å². The fourth-order valence-corrected chi connectivity index (χ4v) is 5.93. The van der Waals surface area contributed by atoms with Gasteiger partial charge < -0.3 is 5.32 Å². The number of hydrogen-bond donors (Lipinski definition) is 1. The van der Waals surface area contributed by atoms with Gasteiger partial charge >= 0.3 is 0 Å². The van der Waals surface area contributed by atoms with Crippen molar-refractivity contribution < 1.29 is 15.0 Å². The largest absolute Gasteiger partial charge is 0.350 e. The molecule has 5 rings (SSSR count). The van der Waals surface area contributed by atoms with Crippen LogP contribution in [-0.2, 0) is 4.79 Å². The zero-order chi connectivity index (χ0) is 26.3. The number of nitrogens with zero attached hydrogens (tertiary/aromatic N) is 5. The predicted octanol–water partition coefficient (Wildman–Crippen LogP) is 6.68. The van der Waals surface area contributed by atoms with E-state index in [4.69, 9.17) is 4.98 Å². The van der Waals surface area contributed by atoms with Gasteiger partial charge in [-0.2, -0.15) is 0 Å². The van der Waals surface area contributed by atoms with Gasteiger partial charge in [0.05, 0.1) is 28.8 Å². The maximum atomic E-state index is 12.7. The number of aryl methyl sites for hydroxylation is 1. The van der Waals surface area contributed by atoms with Crippen molar-refractivity contribution in [3.05, 3.63) is 36.3 Å². The minimum atomic E-state index is -2.35. The number of nitrogens with one attached hydrogen (secondary N) is 1. The average molecular weight is 511 g/mol. The quantitative estimate of drug-likeness (QED) is 0.342. The van der Waals surface area contributed by atoms with Gasteiger partial charge in [0, 0.05) is 43.7 Å². The number of hydrogen-bond acceptors (Lipinski definition) is 6. The molecular formula is C28H36F2N6O. The first-order valence-corrected chi connectivity index (χ1v) is 13.1. The van der Waals surface area contributed by atoms with Crippen LogP contribution in [0.25, 0.3) is 16.8 Å². The molecule has 2 saturated carbocycles. The highest BCUT2D eigenvalue weighted by atomic mass is 19.3. The lowest BCUT2D eigenvalue weighted by molar-refractivity contribution is -0.126. The van der Waals surface area contributed by atoms with Gasteiger partial charge in [0.1, 0.15) is 5.78 Å². The minimum Gasteiger partial charge on any atom is -0.350 e. The number of aromatic nitrogens is 4. The molecule has 0 bridgehead atoms. The van der Waals surface area contributed by atoms with Gasteiger partial charge in [-0.25, -0.2) is 18.3 Å². The van der Waals surface area contributed by atoms with Crippen LogP contribution in [0.5, 0.6) is 0 Å². The average Bonchev–Trinajstić information content (AvgIpc) is 3.44. The first-order chi connectivity index (χ1) is 17.6. The highest BCUT2D eigenvalue weighted by molar-refractivity contribution is 5.87. The molecule has 0 spiro atoms. The van der Waals surface area contributed by atoms with E-state index in [1.807, 2.05) is 31.3 Å². The summed E-state index contributed by atoms with van der Waals surface area (Å²) >= 11 is 0. The van der Waals surface area contributed by atoms with Gasteiger partial charge in [-0.05, 0) is 69.1 Å². The van der Waals surface area contributed by atoms with Gasteiger partial charge in [-0.3, -0.25) is 14.8 Å². The number of carbonyl (C=O) groups is 1. The van der Waals surface area contributed by atoms with E-state index in [1.54, 1.807) is 24.6 Å². The molecule has 1 N–H and O–H groups in total. The first kappa shape index (κ1) is 25.4. The molecule has 37 heavy (non-hydrogen) atoms. The number of alkyl halides is 2. The highest BCUT2D eigenvalue weighted by Gasteiger charge is 2.49. The summed E-state index contributed by atoms with van der Waals surface area (Å²) in [6.45, 7) is 7.65. The molecule has 2 unspecified atom stereocenters. The molecule has 3 aromatic heterocycles. The molecule has 9 heteroatoms. The second kappa shape index (κ2) is 9.91. The second-order valence-corrected chi connectivity index (χ2v) is 11.0. The van der Waals surface area contributed by atoms with Crippen LogP contribution in [0.1, 0.15) is 66.4 Å². The van der Waals surface area contributed by atoms with Gasteiger partial charge in [0.25, 0.3) is 0 Å². The number of pyridine rings is 1. The number of halogens is 2. The van der Waals surface area contributed by atoms with E-state index in [0.717, 1.165) is 54.6 Å². The van der Waals surface area contributed by atoms with E-state index in [-0.39, 0.29) is 31.1 Å². The van der Waals surface area contributed by atoms with Crippen molar-refractivity contribution in [2.45, 2.75) is 78.7 Å². The molecule has 7 nitrogen and oxygen atoms in total. The zero-order valence-corrected chi connectivity index (χ0v) is 21.8. The SMILES string of the molecule is CC(=Nc1ccc(-c2ccn3nc(NC4CC(C)(C5CCCC5=O)C4)ncc23)nc1C)C(C)CC(F)F.[HH]. The van der Waals surface area contributed by atoms with Crippen molar-refractivity contribution in [2.75, 3.05) is 5.32 Å². The second-order valence-electron chi connectivity index (χ2n) is 11.0. The summed E-state index contributed by atoms with van der Waals surface area (Å²) in [6, 6.07) is 5.99. The molecule has 198 valence electrons. The zero-order valence-electron chi connectivity index (χ0n) is 21.8. The molecule has 0 radical (unpaired) electrons. The molecular weight excluding hydrogens is 474 g/mol. The lowest BCUT2D eigenvalue weighted by atomic mass is 9.59. The Balaban J connectivity index is 0.00000336. The van der Waals surface area contributed by atoms with Crippen molar-refractivity contribution in [1.29, 1.82) is 0 Å². The molecule has 3 heterocycles. The maximum absolute atomic E-state index is 12.7. The molecule has 3 aromatic rings. The van der Waals surface area contributed by atoms with Crippen molar-refractivity contribution >= 4 is 28.6 Å². The number of fused-ring (bicyclic) bond motifs is 1. The van der Waals surface area contributed by atoms with E-state index in [2.05, 4.69) is 27.3 Å². The topological polar surface area (TPSA) is 84.5 Å². The molecule has 2 aliphatic rings. The Hall–Kier alpha value is -3.23. The number of carbonyl (C=O) groups excluding carboxylic acids is 1. The lowest BCUT2D eigenvalue weighted by Crippen LogP contribution is -2.49. The molecule has 0 aromatic carbocycles. The summed E-state index contributed by atoms with van der Waals surface area (Å²) in [6.07, 6.45) is 5.83. The van der Waals surface area contributed by atoms with Gasteiger partial charge in [0.15, 0.2) is 0 Å². The van der Waals surface area contributed by atoms with Crippen molar-refractivity contribution in [2.24, 2.45) is 22.2 Å². The lowest BCUT2D eigenvalue weighted by Gasteiger charge is -2.48. The summed E-state index contributed by atoms with van der Waals surface area (Å²) in [5.74, 6) is 0.910. The summed E-state index contributed by atoms with van der Waals surface area (Å²) in [7, 11) is 0. The Bertz CT molecular complexity index is 1350. The van der Waals surface area contributed by atoms with Crippen molar-refractivity contribution in [3.8, 4) is 11.3 Å². The fourth-order valence-electron chi connectivity index (χ4n) is 5.93. The monoisotopic (exact) mass is 510 g/mol. The number of aliphatic imine (C=N–C) groups is 1. The highest BCUT2D eigenvalue weighted by Crippen LogP contribution is 2.51. The van der Waals surface area contributed by atoms with Crippen LogP contribution in [0.15, 0.2) is 35.6 Å². The van der Waals surface area contributed by atoms with Crippen LogP contribution >= 0.6 is 0 Å². The van der Waals surface area contributed by atoms with E-state index < -0.39 is 6.43 Å². The summed E-state index contributed by atoms with van der Waals surface area (Å²) in [5, 5.41) is 8.08. The third kappa shape index (κ3) is 5.13. The van der Waals surface area contributed by atoms with E-state index in [0.29, 0.717) is 23.1 Å². The van der Waals surface area contributed by atoms with E-state index in [9.17, 15) is 13.6 Å². The smallest absolute Gasteiger partial charge is 0.241 e. The van der Waals surface area contributed by atoms with Crippen LogP contribution in [0.2, 0.25) is 0 Å². The van der Waals surface area contributed by atoms with E-state index >= 15 is 0 Å². The molecule has 0 aliphatic heterocycles. The summed E-state index contributed by atoms with van der Waals surface area (Å²) in [5.41, 5.74) is 4.69. The Labute approximate surface area is 217 Å². The van der Waals surface area contributed by atoms with Crippen LogP contribution in [0, 0.1) is 24.2 Å². The van der Waals surface area contributed by atoms with Gasteiger partial charge in [0.2, 0.25) is 12.4 Å². The van der Waals surface area contributed by atoms with Crippen molar-refractivity contribution in [1.82, 2.24) is 19.6 Å². The number of Topliss-reactive ketones (excluding diaryl/α,β-unsaturated/α-hetero) is 1. The van der Waals surface area contributed by atoms with Gasteiger partial charge in [-0.1, -0.05) is 13.8 Å². The summed E-state index contributed by atoms with van der Waals surface area (Å²) in [4.78, 5) is 26.0. The predicted molar refractivity (Wildman–Crippen MR) is 143 cm³/mol. The first-order valence-electron chi connectivity index (χ1n) is 13.1. The molecule has 2 aliphatic carbocycles. The molecule has 2 atom stereocenters. The van der Waals surface area contributed by atoms with Crippen LogP contribution in [0.3, 0.4) is 0 Å². The fraction of sp³-hybridized carbons (Fsp3) is 0.536. The molecule has 0 amide bonds. The third-order valence-corrected chi connectivity index (χ3v) is 8.20.